The number of nitrogens with zero attached hydrogens (tertiary/aromatic N) is 4. The Kier molecular flexibility index (Phi) is 8.93. The van der Waals surface area contributed by atoms with E-state index in [4.69, 9.17) is 36.1 Å². The number of aromatic nitrogens is 4. The van der Waals surface area contributed by atoms with Crippen molar-refractivity contribution in [2.75, 3.05) is 24.7 Å². The quantitative estimate of drug-likeness (QED) is 0.188. The topological polar surface area (TPSA) is 168 Å². The summed E-state index contributed by atoms with van der Waals surface area (Å²) in [5, 5.41) is 16.7. The lowest BCUT2D eigenvalue weighted by Crippen LogP contribution is -2.41. The van der Waals surface area contributed by atoms with Gasteiger partial charge in [0.2, 0.25) is 5.95 Å². The van der Waals surface area contributed by atoms with Gasteiger partial charge in [-0.2, -0.15) is 9.97 Å². The van der Waals surface area contributed by atoms with Crippen LogP contribution in [0.5, 0.6) is 5.75 Å². The highest BCUT2D eigenvalue weighted by atomic mass is 32.5. The minimum atomic E-state index is -3.45. The number of nitrogen functional groups attached to an aromatic ring is 1. The molecule has 0 saturated carbocycles. The molecular weight excluding hydrogens is 564 g/mol. The zero-order valence-electron chi connectivity index (χ0n) is 22.6. The molecule has 0 radical (unpaired) electrons. The molecular formula is C24H33FN7O6PS. The number of anilines is 2. The highest BCUT2D eigenvalue weighted by Gasteiger charge is 2.56. The van der Waals surface area contributed by atoms with Gasteiger partial charge in [0.1, 0.15) is 24.0 Å². The number of rotatable bonds is 11. The number of carbonyl (C=O) groups excluding carboxylic acids is 1. The fourth-order valence-electron chi connectivity index (χ4n) is 4.14. The van der Waals surface area contributed by atoms with Crippen LogP contribution in [0.15, 0.2) is 36.7 Å². The number of alkyl halides is 1. The number of aliphatic hydroxyl groups excluding tert-OH is 1. The van der Waals surface area contributed by atoms with E-state index in [1.165, 1.54) is 17.8 Å². The SMILES string of the molecule is CNc1nc(N)nc2c1ncn2[C@@H]1O[C@H](COP(=S)(N[C@@H](C)C(=O)OC(C)C)Oc2ccccc2)[C@@H](O)[C@@]1(C)F. The van der Waals surface area contributed by atoms with E-state index in [0.29, 0.717) is 17.1 Å². The first-order chi connectivity index (χ1) is 18.8. The predicted octanol–water partition coefficient (Wildman–Crippen LogP) is 2.69. The van der Waals surface area contributed by atoms with Crippen LogP contribution in [0.2, 0.25) is 0 Å². The number of carbonyl (C=O) groups is 1. The van der Waals surface area contributed by atoms with Gasteiger partial charge in [-0.05, 0) is 51.6 Å². The van der Waals surface area contributed by atoms with Crippen molar-refractivity contribution in [1.82, 2.24) is 24.6 Å². The second-order valence-corrected chi connectivity index (χ2v) is 12.8. The number of aliphatic hydroxyl groups is 1. The Labute approximate surface area is 235 Å². The molecule has 3 heterocycles. The molecule has 218 valence electrons. The standard InChI is InChI=1S/C24H33FN7O6PS/c1-13(2)36-21(34)14(3)31-39(40,38-15-9-7-6-8-10-15)35-11-16-18(33)24(4,25)22(37-16)32-12-28-17-19(27-5)29-23(26)30-20(17)32/h6-10,12-14,16,18,22,33H,11H2,1-5H3,(H,31,40)(H3,26,27,29,30)/t14-,16+,18+,22+,24+,39?/m0/s1. The summed E-state index contributed by atoms with van der Waals surface area (Å²) in [5.41, 5.74) is 4.11. The maximum atomic E-state index is 16.0. The van der Waals surface area contributed by atoms with Crippen LogP contribution >= 0.6 is 6.64 Å². The zero-order chi connectivity index (χ0) is 29.2. The fourth-order valence-corrected chi connectivity index (χ4v) is 6.55. The number of halogens is 1. The third-order valence-corrected chi connectivity index (χ3v) is 8.58. The molecule has 13 nitrogen and oxygen atoms in total. The van der Waals surface area contributed by atoms with E-state index in [2.05, 4.69) is 25.4 Å². The third kappa shape index (κ3) is 6.35. The van der Waals surface area contributed by atoms with Crippen LogP contribution < -0.4 is 20.7 Å². The summed E-state index contributed by atoms with van der Waals surface area (Å²) in [6, 6.07) is 7.77. The van der Waals surface area contributed by atoms with Gasteiger partial charge in [-0.3, -0.25) is 9.36 Å². The van der Waals surface area contributed by atoms with Crippen molar-refractivity contribution in [3.05, 3.63) is 36.7 Å². The first kappa shape index (κ1) is 30.0. The van der Waals surface area contributed by atoms with E-state index in [1.807, 2.05) is 0 Å². The number of nitrogens with two attached hydrogens (primary N) is 1. The average molecular weight is 598 g/mol. The lowest BCUT2D eigenvalue weighted by molar-refractivity contribution is -0.149. The van der Waals surface area contributed by atoms with Crippen LogP contribution in [-0.4, -0.2) is 74.3 Å². The number of ether oxygens (including phenoxy) is 2. The van der Waals surface area contributed by atoms with E-state index in [1.54, 1.807) is 58.2 Å². The van der Waals surface area contributed by atoms with Crippen molar-refractivity contribution < 1.29 is 32.8 Å². The van der Waals surface area contributed by atoms with E-state index >= 15 is 4.39 Å². The Balaban J connectivity index is 1.56. The Morgan fingerprint density at radius 3 is 2.67 bits per heavy atom. The molecule has 16 heteroatoms. The van der Waals surface area contributed by atoms with Crippen LogP contribution in [-0.2, 0) is 30.6 Å². The van der Waals surface area contributed by atoms with E-state index in [-0.39, 0.29) is 24.3 Å². The van der Waals surface area contributed by atoms with Crippen molar-refractivity contribution in [2.24, 2.45) is 0 Å². The summed E-state index contributed by atoms with van der Waals surface area (Å²) in [7, 11) is 1.64. The molecule has 2 aromatic heterocycles. The lowest BCUT2D eigenvalue weighted by Gasteiger charge is -2.28. The van der Waals surface area contributed by atoms with Crippen molar-refractivity contribution >= 4 is 47.3 Å². The van der Waals surface area contributed by atoms with Crippen LogP contribution in [0, 0.1) is 0 Å². The first-order valence-electron chi connectivity index (χ1n) is 12.5. The second-order valence-electron chi connectivity index (χ2n) is 9.66. The monoisotopic (exact) mass is 597 g/mol. The second kappa shape index (κ2) is 11.9. The predicted molar refractivity (Wildman–Crippen MR) is 150 cm³/mol. The molecule has 1 aromatic carbocycles. The number of hydrogen-bond donors (Lipinski definition) is 4. The Bertz CT molecular complexity index is 1390. The summed E-state index contributed by atoms with van der Waals surface area (Å²) >= 11 is 5.70. The maximum absolute atomic E-state index is 16.0. The molecule has 1 unspecified atom stereocenters. The molecule has 1 aliphatic heterocycles. The summed E-state index contributed by atoms with van der Waals surface area (Å²) in [5.74, 6) is 0.154. The number of esters is 1. The highest BCUT2D eigenvalue weighted by Crippen LogP contribution is 2.48. The van der Waals surface area contributed by atoms with Crippen LogP contribution in [0.3, 0.4) is 0 Å². The molecule has 0 bridgehead atoms. The van der Waals surface area contributed by atoms with Crippen molar-refractivity contribution in [2.45, 2.75) is 63.9 Å². The largest absolute Gasteiger partial charge is 0.462 e. The number of hydrogen-bond acceptors (Lipinski definition) is 12. The maximum Gasteiger partial charge on any atom is 0.323 e. The molecule has 1 aliphatic rings. The minimum absolute atomic E-state index is 0.0486. The van der Waals surface area contributed by atoms with Gasteiger partial charge in [0.15, 0.2) is 28.9 Å². The molecule has 1 saturated heterocycles. The number of benzene rings is 1. The van der Waals surface area contributed by atoms with Gasteiger partial charge in [0.25, 0.3) is 0 Å². The van der Waals surface area contributed by atoms with Crippen molar-refractivity contribution in [1.29, 1.82) is 0 Å². The van der Waals surface area contributed by atoms with Crippen molar-refractivity contribution in [3.8, 4) is 5.75 Å². The molecule has 0 spiro atoms. The van der Waals surface area contributed by atoms with Gasteiger partial charge in [0, 0.05) is 7.05 Å². The van der Waals surface area contributed by atoms with Crippen molar-refractivity contribution in [3.63, 3.8) is 0 Å². The van der Waals surface area contributed by atoms with Gasteiger partial charge >= 0.3 is 12.6 Å². The first-order valence-corrected chi connectivity index (χ1v) is 15.2. The van der Waals surface area contributed by atoms with Gasteiger partial charge in [-0.15, -0.1) is 0 Å². The lowest BCUT2D eigenvalue weighted by atomic mass is 9.98. The Morgan fingerprint density at radius 1 is 1.32 bits per heavy atom. The summed E-state index contributed by atoms with van der Waals surface area (Å²) in [6.45, 7) is 2.42. The normalized spacial score (nSPS) is 25.1. The molecule has 4 rings (SSSR count). The molecule has 5 N–H and O–H groups in total. The summed E-state index contributed by atoms with van der Waals surface area (Å²) in [4.78, 5) is 25.0. The molecule has 0 amide bonds. The zero-order valence-corrected chi connectivity index (χ0v) is 24.4. The summed E-state index contributed by atoms with van der Waals surface area (Å²) in [6.07, 6.45) is -3.12. The molecule has 0 aliphatic carbocycles. The fraction of sp³-hybridized carbons (Fsp3) is 0.500. The Morgan fingerprint density at radius 2 is 2.02 bits per heavy atom. The van der Waals surface area contributed by atoms with Gasteiger partial charge in [-0.25, -0.2) is 14.5 Å². The van der Waals surface area contributed by atoms with Crippen LogP contribution in [0.4, 0.5) is 16.2 Å². The number of imidazole rings is 1. The minimum Gasteiger partial charge on any atom is -0.462 e. The number of fused-ring (bicyclic) bond motifs is 1. The van der Waals surface area contributed by atoms with E-state index < -0.39 is 42.8 Å². The van der Waals surface area contributed by atoms with Gasteiger partial charge in [-0.1, -0.05) is 18.2 Å². The van der Waals surface area contributed by atoms with Gasteiger partial charge < -0.3 is 34.7 Å². The smallest absolute Gasteiger partial charge is 0.323 e. The number of para-hydroxylation sites is 1. The summed E-state index contributed by atoms with van der Waals surface area (Å²) < 4.78 is 40.5. The van der Waals surface area contributed by atoms with Gasteiger partial charge in [0.05, 0.1) is 19.0 Å². The number of nitrogens with one attached hydrogen (secondary N) is 2. The van der Waals surface area contributed by atoms with E-state index in [0.717, 1.165) is 0 Å². The van der Waals surface area contributed by atoms with Crippen LogP contribution in [0.1, 0.15) is 33.9 Å². The van der Waals surface area contributed by atoms with E-state index in [9.17, 15) is 9.90 Å². The average Bonchev–Trinajstić information content (AvgIpc) is 3.40. The molecule has 40 heavy (non-hydrogen) atoms. The highest BCUT2D eigenvalue weighted by molar-refractivity contribution is 8.09. The Hall–Kier alpha value is -2.94. The van der Waals surface area contributed by atoms with Crippen LogP contribution in [0.25, 0.3) is 11.2 Å². The molecule has 1 fully saturated rings. The third-order valence-electron chi connectivity index (χ3n) is 6.08. The molecule has 6 atom stereocenters. The molecule has 3 aromatic rings.